The molecule has 0 saturated heterocycles. The average molecular weight is 351 g/mol. The molecule has 0 fully saturated rings. The van der Waals surface area contributed by atoms with Gasteiger partial charge in [0.05, 0.1) is 0 Å². The van der Waals surface area contributed by atoms with Crippen molar-refractivity contribution in [3.8, 4) is 0 Å². The summed E-state index contributed by atoms with van der Waals surface area (Å²) in [5.74, 6) is 1.60. The summed E-state index contributed by atoms with van der Waals surface area (Å²) in [7, 11) is 3.90. The van der Waals surface area contributed by atoms with Crippen LogP contribution in [0.3, 0.4) is 0 Å². The molecule has 0 aliphatic heterocycles. The zero-order valence-electron chi connectivity index (χ0n) is 11.0. The van der Waals surface area contributed by atoms with Gasteiger partial charge in [-0.1, -0.05) is 41.0 Å². The second-order valence-corrected chi connectivity index (χ2v) is 5.90. The van der Waals surface area contributed by atoms with E-state index in [0.717, 1.165) is 16.5 Å². The minimum atomic E-state index is 0. The van der Waals surface area contributed by atoms with Crippen LogP contribution in [0.4, 0.5) is 5.82 Å². The van der Waals surface area contributed by atoms with E-state index in [1.807, 2.05) is 37.2 Å². The maximum Gasteiger partial charge on any atom is 0.189 e. The fraction of sp³-hybridized carbons (Fsp3) is 0.231. The van der Waals surface area contributed by atoms with Gasteiger partial charge < -0.3 is 4.90 Å². The number of hydrogen-bond donors (Lipinski definition) is 0. The van der Waals surface area contributed by atoms with Gasteiger partial charge in [0.2, 0.25) is 0 Å². The van der Waals surface area contributed by atoms with Gasteiger partial charge in [-0.3, -0.25) is 0 Å². The van der Waals surface area contributed by atoms with Gasteiger partial charge >= 0.3 is 0 Å². The van der Waals surface area contributed by atoms with Gasteiger partial charge in [0.15, 0.2) is 5.16 Å². The molecule has 0 radical (unpaired) electrons. The quantitative estimate of drug-likeness (QED) is 0.597. The van der Waals surface area contributed by atoms with Gasteiger partial charge in [-0.25, -0.2) is 9.97 Å². The topological polar surface area (TPSA) is 29.0 Å². The Kier molecular flexibility index (Phi) is 6.89. The standard InChI is InChI=1S/C13H13Cl2N3S.ClH/c1-18(2)12-5-6-16-13(17-12)19-8-9-3-4-10(14)7-11(9)15;/h3-7H,8H2,1-2H3;1H. The summed E-state index contributed by atoms with van der Waals surface area (Å²) in [6, 6.07) is 7.38. The molecule has 108 valence electrons. The van der Waals surface area contributed by atoms with Gasteiger partial charge in [0, 0.05) is 36.1 Å². The van der Waals surface area contributed by atoms with Crippen LogP contribution in [0, 0.1) is 0 Å². The van der Waals surface area contributed by atoms with Crippen molar-refractivity contribution < 1.29 is 0 Å². The van der Waals surface area contributed by atoms with E-state index in [9.17, 15) is 0 Å². The summed E-state index contributed by atoms with van der Waals surface area (Å²) in [6.07, 6.45) is 1.76. The second-order valence-electron chi connectivity index (χ2n) is 4.12. The molecule has 2 aromatic rings. The molecule has 0 unspecified atom stereocenters. The lowest BCUT2D eigenvalue weighted by Gasteiger charge is -2.11. The Labute approximate surface area is 139 Å². The molecule has 0 N–H and O–H groups in total. The number of aromatic nitrogens is 2. The van der Waals surface area contributed by atoms with E-state index < -0.39 is 0 Å². The Balaban J connectivity index is 0.00000200. The molecule has 20 heavy (non-hydrogen) atoms. The summed E-state index contributed by atoms with van der Waals surface area (Å²) >= 11 is 13.5. The summed E-state index contributed by atoms with van der Waals surface area (Å²) in [5, 5.41) is 2.05. The van der Waals surface area contributed by atoms with E-state index in [2.05, 4.69) is 9.97 Å². The number of thioether (sulfide) groups is 1. The molecule has 1 aromatic heterocycles. The monoisotopic (exact) mass is 349 g/mol. The molecular formula is C13H14Cl3N3S. The normalized spacial score (nSPS) is 10.0. The zero-order chi connectivity index (χ0) is 13.8. The number of nitrogens with zero attached hydrogens (tertiary/aromatic N) is 3. The first-order valence-corrected chi connectivity index (χ1v) is 7.37. The Hall–Kier alpha value is -0.680. The number of hydrogen-bond acceptors (Lipinski definition) is 4. The molecule has 7 heteroatoms. The summed E-state index contributed by atoms with van der Waals surface area (Å²) in [6.45, 7) is 0. The van der Waals surface area contributed by atoms with Crippen LogP contribution < -0.4 is 4.90 Å². The number of rotatable bonds is 4. The lowest BCUT2D eigenvalue weighted by atomic mass is 10.2. The fourth-order valence-electron chi connectivity index (χ4n) is 1.43. The van der Waals surface area contributed by atoms with Crippen molar-refractivity contribution in [1.29, 1.82) is 0 Å². The minimum Gasteiger partial charge on any atom is -0.363 e. The average Bonchev–Trinajstić information content (AvgIpc) is 2.38. The van der Waals surface area contributed by atoms with Crippen molar-refractivity contribution in [2.75, 3.05) is 19.0 Å². The summed E-state index contributed by atoms with van der Waals surface area (Å²) in [5.41, 5.74) is 1.02. The van der Waals surface area contributed by atoms with Crippen LogP contribution in [0.15, 0.2) is 35.6 Å². The van der Waals surface area contributed by atoms with Gasteiger partial charge in [-0.05, 0) is 23.8 Å². The molecule has 3 nitrogen and oxygen atoms in total. The lowest BCUT2D eigenvalue weighted by Crippen LogP contribution is -2.11. The molecule has 0 bridgehead atoms. The van der Waals surface area contributed by atoms with Crippen LogP contribution in [0.25, 0.3) is 0 Å². The third kappa shape index (κ3) is 4.70. The first kappa shape index (κ1) is 17.4. The highest BCUT2D eigenvalue weighted by atomic mass is 35.5. The molecule has 1 heterocycles. The van der Waals surface area contributed by atoms with Crippen molar-refractivity contribution in [3.05, 3.63) is 46.1 Å². The predicted octanol–water partition coefficient (Wildman–Crippen LogP) is 4.56. The van der Waals surface area contributed by atoms with Crippen LogP contribution in [-0.4, -0.2) is 24.1 Å². The molecule has 1 aromatic carbocycles. The van der Waals surface area contributed by atoms with Gasteiger partial charge in [0.1, 0.15) is 5.82 Å². The van der Waals surface area contributed by atoms with Crippen LogP contribution in [0.1, 0.15) is 5.56 Å². The van der Waals surface area contributed by atoms with Gasteiger partial charge in [-0.2, -0.15) is 0 Å². The first-order valence-electron chi connectivity index (χ1n) is 5.63. The van der Waals surface area contributed by atoms with Crippen LogP contribution in [0.2, 0.25) is 10.0 Å². The number of anilines is 1. The Morgan fingerprint density at radius 2 is 1.95 bits per heavy atom. The van der Waals surface area contributed by atoms with E-state index in [0.29, 0.717) is 15.8 Å². The fourth-order valence-corrected chi connectivity index (χ4v) is 2.82. The Bertz CT molecular complexity index is 579. The van der Waals surface area contributed by atoms with Gasteiger partial charge in [-0.15, -0.1) is 12.4 Å². The van der Waals surface area contributed by atoms with E-state index in [-0.39, 0.29) is 12.4 Å². The van der Waals surface area contributed by atoms with E-state index >= 15 is 0 Å². The predicted molar refractivity (Wildman–Crippen MR) is 89.6 cm³/mol. The molecular weight excluding hydrogens is 337 g/mol. The highest BCUT2D eigenvalue weighted by Gasteiger charge is 2.05. The van der Waals surface area contributed by atoms with Gasteiger partial charge in [0.25, 0.3) is 0 Å². The maximum absolute atomic E-state index is 6.13. The van der Waals surface area contributed by atoms with Crippen molar-refractivity contribution in [1.82, 2.24) is 9.97 Å². The van der Waals surface area contributed by atoms with Crippen LogP contribution >= 0.6 is 47.4 Å². The highest BCUT2D eigenvalue weighted by molar-refractivity contribution is 7.98. The summed E-state index contributed by atoms with van der Waals surface area (Å²) < 4.78 is 0. The molecule has 0 amide bonds. The van der Waals surface area contributed by atoms with Crippen molar-refractivity contribution in [2.45, 2.75) is 10.9 Å². The van der Waals surface area contributed by atoms with E-state index in [1.54, 1.807) is 24.0 Å². The first-order chi connectivity index (χ1) is 9.06. The van der Waals surface area contributed by atoms with Crippen molar-refractivity contribution in [2.24, 2.45) is 0 Å². The van der Waals surface area contributed by atoms with Crippen molar-refractivity contribution >= 4 is 53.2 Å². The van der Waals surface area contributed by atoms with E-state index in [1.165, 1.54) is 0 Å². The Morgan fingerprint density at radius 3 is 2.60 bits per heavy atom. The minimum absolute atomic E-state index is 0. The number of halogens is 3. The van der Waals surface area contributed by atoms with Crippen molar-refractivity contribution in [3.63, 3.8) is 0 Å². The molecule has 0 saturated carbocycles. The maximum atomic E-state index is 6.13. The second kappa shape index (κ2) is 7.93. The van der Waals surface area contributed by atoms with Crippen LogP contribution in [0.5, 0.6) is 0 Å². The third-order valence-corrected chi connectivity index (χ3v) is 3.95. The van der Waals surface area contributed by atoms with Crippen LogP contribution in [-0.2, 0) is 5.75 Å². The SMILES string of the molecule is CN(C)c1ccnc(SCc2ccc(Cl)cc2Cl)n1.Cl. The zero-order valence-corrected chi connectivity index (χ0v) is 14.2. The number of benzene rings is 1. The Morgan fingerprint density at radius 1 is 1.20 bits per heavy atom. The smallest absolute Gasteiger partial charge is 0.189 e. The molecule has 2 rings (SSSR count). The third-order valence-electron chi connectivity index (χ3n) is 2.45. The summed E-state index contributed by atoms with van der Waals surface area (Å²) in [4.78, 5) is 10.6. The highest BCUT2D eigenvalue weighted by Crippen LogP contribution is 2.27. The molecule has 0 aliphatic rings. The lowest BCUT2D eigenvalue weighted by molar-refractivity contribution is 0.927. The molecule has 0 spiro atoms. The van der Waals surface area contributed by atoms with E-state index in [4.69, 9.17) is 23.2 Å². The largest absolute Gasteiger partial charge is 0.363 e. The molecule has 0 aliphatic carbocycles. The molecule has 0 atom stereocenters.